The molecule has 0 bridgehead atoms. The lowest BCUT2D eigenvalue weighted by molar-refractivity contribution is 0.404. The Morgan fingerprint density at radius 3 is 2.45 bits per heavy atom. The van der Waals surface area contributed by atoms with Crippen molar-refractivity contribution in [2.45, 2.75) is 0 Å². The Hall–Kier alpha value is -3.15. The van der Waals surface area contributed by atoms with E-state index in [0.29, 0.717) is 16.5 Å². The molecule has 1 aromatic heterocycles. The fourth-order valence-electron chi connectivity index (χ4n) is 2.32. The summed E-state index contributed by atoms with van der Waals surface area (Å²) in [6.45, 7) is 0. The van der Waals surface area contributed by atoms with Crippen molar-refractivity contribution in [1.29, 1.82) is 0 Å². The maximum absolute atomic E-state index is 12.3. The highest BCUT2D eigenvalue weighted by Gasteiger charge is 2.14. The van der Waals surface area contributed by atoms with E-state index < -0.39 is 11.2 Å². The first-order valence-corrected chi connectivity index (χ1v) is 6.60. The number of anilines is 1. The first kappa shape index (κ1) is 13.8. The Balaban J connectivity index is 2.29. The third-order valence-corrected chi connectivity index (χ3v) is 3.53. The van der Waals surface area contributed by atoms with E-state index >= 15 is 0 Å². The van der Waals surface area contributed by atoms with Crippen molar-refractivity contribution in [2.75, 3.05) is 12.4 Å². The molecule has 5 N–H and O–H groups in total. The smallest absolute Gasteiger partial charge is 0.231 e. The zero-order valence-corrected chi connectivity index (χ0v) is 11.7. The predicted octanol–water partition coefficient (Wildman–Crippen LogP) is 2.35. The zero-order valence-electron chi connectivity index (χ0n) is 11.7. The van der Waals surface area contributed by atoms with Gasteiger partial charge in [0, 0.05) is 18.3 Å². The van der Waals surface area contributed by atoms with Crippen LogP contribution in [0.4, 0.5) is 5.69 Å². The number of pyridine rings is 1. The molecule has 2 aromatic carbocycles. The van der Waals surface area contributed by atoms with E-state index in [1.165, 1.54) is 18.2 Å². The Labute approximate surface area is 125 Å². The summed E-state index contributed by atoms with van der Waals surface area (Å²) in [4.78, 5) is 15.3. The number of H-pyrrole nitrogens is 1. The van der Waals surface area contributed by atoms with Crippen LogP contribution < -0.4 is 10.7 Å². The monoisotopic (exact) mass is 298 g/mol. The first-order chi connectivity index (χ1) is 10.5. The number of phenolic OH excluding ortho intramolecular Hbond substituents is 2. The second-order valence-electron chi connectivity index (χ2n) is 4.89. The lowest BCUT2D eigenvalue weighted by Crippen LogP contribution is -2.05. The average Bonchev–Trinajstić information content (AvgIpc) is 2.53. The molecule has 1 heterocycles. The minimum absolute atomic E-state index is 0.185. The van der Waals surface area contributed by atoms with Gasteiger partial charge >= 0.3 is 0 Å². The lowest BCUT2D eigenvalue weighted by atomic mass is 10.1. The van der Waals surface area contributed by atoms with Gasteiger partial charge in [-0.1, -0.05) is 0 Å². The van der Waals surface area contributed by atoms with Gasteiger partial charge in [-0.2, -0.15) is 0 Å². The number of rotatable bonds is 2. The maximum Gasteiger partial charge on any atom is 0.231 e. The molecule has 0 radical (unpaired) electrons. The number of hydrogen-bond donors (Lipinski definition) is 5. The molecule has 0 aliphatic carbocycles. The van der Waals surface area contributed by atoms with Crippen molar-refractivity contribution in [1.82, 2.24) is 4.98 Å². The zero-order chi connectivity index (χ0) is 15.9. The molecule has 6 heteroatoms. The summed E-state index contributed by atoms with van der Waals surface area (Å²) in [7, 11) is 1.74. The summed E-state index contributed by atoms with van der Waals surface area (Å²) in [5, 5.41) is 32.4. The predicted molar refractivity (Wildman–Crippen MR) is 84.5 cm³/mol. The molecule has 22 heavy (non-hydrogen) atoms. The normalized spacial score (nSPS) is 10.8. The van der Waals surface area contributed by atoms with Gasteiger partial charge in [-0.15, -0.1) is 0 Å². The van der Waals surface area contributed by atoms with Crippen LogP contribution in [-0.2, 0) is 0 Å². The molecule has 0 amide bonds. The second-order valence-corrected chi connectivity index (χ2v) is 4.89. The van der Waals surface area contributed by atoms with Gasteiger partial charge in [0.25, 0.3) is 0 Å². The van der Waals surface area contributed by atoms with E-state index in [1.807, 2.05) is 0 Å². The van der Waals surface area contributed by atoms with E-state index in [4.69, 9.17) is 0 Å². The van der Waals surface area contributed by atoms with Crippen molar-refractivity contribution >= 4 is 16.6 Å². The summed E-state index contributed by atoms with van der Waals surface area (Å²) < 4.78 is 0. The summed E-state index contributed by atoms with van der Waals surface area (Å²) in [5.41, 5.74) is 1.39. The second kappa shape index (κ2) is 5.00. The molecular formula is C16H14N2O4. The van der Waals surface area contributed by atoms with Crippen LogP contribution in [0, 0.1) is 0 Å². The number of aromatic amines is 1. The fraction of sp³-hybridized carbons (Fsp3) is 0.0625. The van der Waals surface area contributed by atoms with Gasteiger partial charge in [0.05, 0.1) is 16.6 Å². The molecule has 3 aromatic rings. The number of hydrogen-bond acceptors (Lipinski definition) is 5. The van der Waals surface area contributed by atoms with Crippen molar-refractivity contribution in [3.05, 3.63) is 46.6 Å². The van der Waals surface area contributed by atoms with Gasteiger partial charge in [0.1, 0.15) is 0 Å². The van der Waals surface area contributed by atoms with Crippen molar-refractivity contribution in [3.8, 4) is 28.5 Å². The van der Waals surface area contributed by atoms with Crippen LogP contribution in [0.5, 0.6) is 17.2 Å². The highest BCUT2D eigenvalue weighted by atomic mass is 16.3. The third kappa shape index (κ3) is 2.10. The van der Waals surface area contributed by atoms with Crippen LogP contribution >= 0.6 is 0 Å². The van der Waals surface area contributed by atoms with E-state index in [9.17, 15) is 20.1 Å². The molecule has 112 valence electrons. The minimum Gasteiger partial charge on any atom is -0.504 e. The van der Waals surface area contributed by atoms with Crippen LogP contribution in [0.2, 0.25) is 0 Å². The molecule has 0 unspecified atom stereocenters. The van der Waals surface area contributed by atoms with Crippen molar-refractivity contribution in [3.63, 3.8) is 0 Å². The summed E-state index contributed by atoms with van der Waals surface area (Å²) in [6.07, 6.45) is 0. The van der Waals surface area contributed by atoms with E-state index in [-0.39, 0.29) is 17.2 Å². The van der Waals surface area contributed by atoms with Gasteiger partial charge in [-0.25, -0.2) is 0 Å². The molecule has 0 aliphatic heterocycles. The average molecular weight is 298 g/mol. The number of benzene rings is 2. The topological polar surface area (TPSA) is 106 Å². The number of nitrogens with one attached hydrogen (secondary N) is 2. The summed E-state index contributed by atoms with van der Waals surface area (Å²) in [6, 6.07) is 9.23. The SMILES string of the molecule is CNc1ccc2[nH]c(-c3ccc(O)c(O)c3)c(O)c(=O)c2c1. The van der Waals surface area contributed by atoms with E-state index in [0.717, 1.165) is 5.69 Å². The third-order valence-electron chi connectivity index (χ3n) is 3.53. The Morgan fingerprint density at radius 2 is 1.77 bits per heavy atom. The van der Waals surface area contributed by atoms with Gasteiger partial charge in [0.2, 0.25) is 5.43 Å². The molecule has 0 saturated carbocycles. The van der Waals surface area contributed by atoms with Crippen LogP contribution in [0.15, 0.2) is 41.2 Å². The Kier molecular flexibility index (Phi) is 3.14. The molecule has 3 rings (SSSR count). The minimum atomic E-state index is -0.506. The quantitative estimate of drug-likeness (QED) is 0.467. The number of aromatic nitrogens is 1. The maximum atomic E-state index is 12.3. The van der Waals surface area contributed by atoms with Gasteiger partial charge in [0.15, 0.2) is 17.2 Å². The number of fused-ring (bicyclic) bond motifs is 1. The van der Waals surface area contributed by atoms with Gasteiger partial charge in [-0.3, -0.25) is 4.79 Å². The van der Waals surface area contributed by atoms with Crippen molar-refractivity contribution in [2.24, 2.45) is 0 Å². The van der Waals surface area contributed by atoms with Gasteiger partial charge in [-0.05, 0) is 36.4 Å². The molecule has 0 spiro atoms. The van der Waals surface area contributed by atoms with Gasteiger partial charge < -0.3 is 25.6 Å². The van der Waals surface area contributed by atoms with Crippen LogP contribution in [0.25, 0.3) is 22.2 Å². The Bertz CT molecular complexity index is 931. The van der Waals surface area contributed by atoms with E-state index in [1.54, 1.807) is 25.2 Å². The summed E-state index contributed by atoms with van der Waals surface area (Å²) in [5.74, 6) is -1.04. The standard InChI is InChI=1S/C16H14N2O4/c1-17-9-3-4-11-10(7-9)15(21)16(22)14(18-11)8-2-5-12(19)13(20)6-8/h2-7,17,19-20,22H,1H3,(H,18,21). The van der Waals surface area contributed by atoms with E-state index in [2.05, 4.69) is 10.3 Å². The Morgan fingerprint density at radius 1 is 1.00 bits per heavy atom. The van der Waals surface area contributed by atoms with Crippen molar-refractivity contribution < 1.29 is 15.3 Å². The highest BCUT2D eigenvalue weighted by Crippen LogP contribution is 2.33. The molecule has 0 saturated heterocycles. The molecular weight excluding hydrogens is 284 g/mol. The molecule has 0 aliphatic rings. The summed E-state index contributed by atoms with van der Waals surface area (Å²) >= 11 is 0. The highest BCUT2D eigenvalue weighted by molar-refractivity contribution is 5.87. The first-order valence-electron chi connectivity index (χ1n) is 6.60. The lowest BCUT2D eigenvalue weighted by Gasteiger charge is -2.09. The number of aromatic hydroxyl groups is 3. The van der Waals surface area contributed by atoms with Crippen LogP contribution in [0.1, 0.15) is 0 Å². The van der Waals surface area contributed by atoms with Crippen LogP contribution in [-0.4, -0.2) is 27.4 Å². The molecule has 0 atom stereocenters. The number of phenols is 2. The largest absolute Gasteiger partial charge is 0.504 e. The van der Waals surface area contributed by atoms with Crippen LogP contribution in [0.3, 0.4) is 0 Å². The molecule has 0 fully saturated rings. The fourth-order valence-corrected chi connectivity index (χ4v) is 2.32. The molecule has 6 nitrogen and oxygen atoms in total.